The Hall–Kier alpha value is -2.87. The number of aromatic nitrogens is 3. The topological polar surface area (TPSA) is 124 Å². The van der Waals surface area contributed by atoms with Gasteiger partial charge in [0.25, 0.3) is 0 Å². The number of anilines is 1. The van der Waals surface area contributed by atoms with Gasteiger partial charge in [0, 0.05) is 30.7 Å². The fourth-order valence-corrected chi connectivity index (χ4v) is 5.80. The van der Waals surface area contributed by atoms with Crippen molar-refractivity contribution in [3.8, 4) is 0 Å². The van der Waals surface area contributed by atoms with Crippen molar-refractivity contribution in [3.63, 3.8) is 0 Å². The first-order chi connectivity index (χ1) is 17.6. The normalized spacial score (nSPS) is 24.0. The minimum atomic E-state index is -4.49. The molecule has 1 aliphatic heterocycles. The number of halogens is 3. The molecule has 1 atom stereocenters. The molecule has 2 fully saturated rings. The summed E-state index contributed by atoms with van der Waals surface area (Å²) in [5.74, 6) is -0.120. The SMILES string of the molecule is O=C(CNc1ncnc2ccc(C(F)(F)F)cc12)NC1CN([C@H]2CC[C@@](O)(C(O)c3cncs3)CC2)C1. The maximum atomic E-state index is 13.1. The van der Waals surface area contributed by atoms with E-state index in [2.05, 4.69) is 30.5 Å². The van der Waals surface area contributed by atoms with Crippen LogP contribution in [0.2, 0.25) is 0 Å². The van der Waals surface area contributed by atoms with Crippen LogP contribution in [0.5, 0.6) is 0 Å². The van der Waals surface area contributed by atoms with Gasteiger partial charge in [0.05, 0.1) is 39.7 Å². The van der Waals surface area contributed by atoms with Gasteiger partial charge in [-0.15, -0.1) is 11.3 Å². The molecular formula is C24H27F3N6O3S. The monoisotopic (exact) mass is 536 g/mol. The van der Waals surface area contributed by atoms with Gasteiger partial charge in [0.1, 0.15) is 18.2 Å². The van der Waals surface area contributed by atoms with Crippen LogP contribution in [0.1, 0.15) is 42.2 Å². The molecule has 1 unspecified atom stereocenters. The van der Waals surface area contributed by atoms with E-state index in [9.17, 15) is 28.2 Å². The van der Waals surface area contributed by atoms with Crippen molar-refractivity contribution in [1.82, 2.24) is 25.2 Å². The lowest BCUT2D eigenvalue weighted by Gasteiger charge is -2.48. The van der Waals surface area contributed by atoms with Crippen LogP contribution in [0.15, 0.2) is 36.2 Å². The second-order valence-electron chi connectivity index (χ2n) is 9.66. The maximum Gasteiger partial charge on any atom is 0.416 e. The summed E-state index contributed by atoms with van der Waals surface area (Å²) in [5.41, 5.74) is 0.0199. The summed E-state index contributed by atoms with van der Waals surface area (Å²) < 4.78 is 39.3. The third-order valence-electron chi connectivity index (χ3n) is 7.22. The predicted octanol–water partition coefficient (Wildman–Crippen LogP) is 2.72. The second kappa shape index (κ2) is 10.1. The number of fused-ring (bicyclic) bond motifs is 1. The quantitative estimate of drug-likeness (QED) is 0.364. The number of amides is 1. The summed E-state index contributed by atoms with van der Waals surface area (Å²) in [6.45, 7) is 1.22. The molecule has 0 radical (unpaired) electrons. The Morgan fingerprint density at radius 2 is 2.00 bits per heavy atom. The molecule has 2 aromatic heterocycles. The lowest BCUT2D eigenvalue weighted by molar-refractivity contribution is -0.137. The van der Waals surface area contributed by atoms with Crippen LogP contribution in [-0.2, 0) is 11.0 Å². The Labute approximate surface area is 214 Å². The summed E-state index contributed by atoms with van der Waals surface area (Å²) in [7, 11) is 0. The summed E-state index contributed by atoms with van der Waals surface area (Å²) >= 11 is 1.33. The van der Waals surface area contributed by atoms with Crippen LogP contribution in [0.25, 0.3) is 10.9 Å². The van der Waals surface area contributed by atoms with Crippen molar-refractivity contribution < 1.29 is 28.2 Å². The van der Waals surface area contributed by atoms with Crippen LogP contribution in [0.3, 0.4) is 0 Å². The fourth-order valence-electron chi connectivity index (χ4n) is 5.09. The van der Waals surface area contributed by atoms with Gasteiger partial charge in [0.2, 0.25) is 5.91 Å². The first-order valence-corrected chi connectivity index (χ1v) is 12.9. The van der Waals surface area contributed by atoms with Crippen molar-refractivity contribution >= 4 is 34.0 Å². The number of hydrogen-bond donors (Lipinski definition) is 4. The predicted molar refractivity (Wildman–Crippen MR) is 131 cm³/mol. The second-order valence-corrected chi connectivity index (χ2v) is 10.6. The molecule has 4 N–H and O–H groups in total. The molecule has 3 heterocycles. The van der Waals surface area contributed by atoms with E-state index in [4.69, 9.17) is 0 Å². The van der Waals surface area contributed by atoms with Crippen molar-refractivity contribution in [3.05, 3.63) is 46.7 Å². The molecular weight excluding hydrogens is 509 g/mol. The largest absolute Gasteiger partial charge is 0.416 e. The molecule has 13 heteroatoms. The van der Waals surface area contributed by atoms with E-state index in [1.165, 1.54) is 23.7 Å². The first kappa shape index (κ1) is 25.8. The minimum Gasteiger partial charge on any atom is -0.387 e. The zero-order chi connectivity index (χ0) is 26.2. The number of thiazole rings is 1. The van der Waals surface area contributed by atoms with E-state index in [1.54, 1.807) is 11.7 Å². The smallest absolute Gasteiger partial charge is 0.387 e. The number of nitrogens with one attached hydrogen (secondary N) is 2. The van der Waals surface area contributed by atoms with Crippen molar-refractivity contribution in [2.24, 2.45) is 0 Å². The standard InChI is InChI=1S/C24H27F3N6O3S/c25-24(26,27)14-1-2-18-17(7-14)22(31-12-30-18)29-9-20(34)32-15-10-33(11-15)16-3-5-23(36,6-4-16)21(35)19-8-28-13-37-19/h1-2,7-8,12-13,15-16,21,35-36H,3-6,9-11H2,(H,32,34)(H,29,30,31)/t16-,21?,23-. The third-order valence-corrected chi connectivity index (χ3v) is 8.05. The molecule has 2 aliphatic rings. The highest BCUT2D eigenvalue weighted by Crippen LogP contribution is 2.41. The van der Waals surface area contributed by atoms with Crippen LogP contribution in [0.4, 0.5) is 19.0 Å². The molecule has 1 aliphatic carbocycles. The van der Waals surface area contributed by atoms with Crippen LogP contribution in [-0.4, -0.2) is 73.3 Å². The Bertz CT molecular complexity index is 1240. The Morgan fingerprint density at radius 1 is 1.24 bits per heavy atom. The molecule has 37 heavy (non-hydrogen) atoms. The lowest BCUT2D eigenvalue weighted by atomic mass is 9.77. The van der Waals surface area contributed by atoms with Gasteiger partial charge >= 0.3 is 6.18 Å². The van der Waals surface area contributed by atoms with Crippen molar-refractivity contribution in [2.75, 3.05) is 25.0 Å². The number of aliphatic hydroxyl groups is 2. The molecule has 0 bridgehead atoms. The third kappa shape index (κ3) is 5.54. The molecule has 1 saturated carbocycles. The molecule has 3 aromatic rings. The average molecular weight is 537 g/mol. The Kier molecular flexibility index (Phi) is 7.05. The van der Waals surface area contributed by atoms with Crippen LogP contribution < -0.4 is 10.6 Å². The van der Waals surface area contributed by atoms with Crippen LogP contribution >= 0.6 is 11.3 Å². The van der Waals surface area contributed by atoms with Crippen molar-refractivity contribution in [1.29, 1.82) is 0 Å². The molecule has 0 spiro atoms. The summed E-state index contributed by atoms with van der Waals surface area (Å²) in [6, 6.07) is 3.46. The van der Waals surface area contributed by atoms with Crippen LogP contribution in [0, 0.1) is 0 Å². The van der Waals surface area contributed by atoms with E-state index >= 15 is 0 Å². The summed E-state index contributed by atoms with van der Waals surface area (Å²) in [4.78, 5) is 27.4. The number of alkyl halides is 3. The Balaban J connectivity index is 1.08. The number of carbonyl (C=O) groups excluding carboxylic acids is 1. The van der Waals surface area contributed by atoms with E-state index in [1.807, 2.05) is 0 Å². The number of nitrogens with zero attached hydrogens (tertiary/aromatic N) is 4. The lowest BCUT2D eigenvalue weighted by Crippen LogP contribution is -2.63. The van der Waals surface area contributed by atoms with Gasteiger partial charge in [-0.1, -0.05) is 0 Å². The number of rotatable bonds is 7. The van der Waals surface area contributed by atoms with Gasteiger partial charge in [-0.2, -0.15) is 13.2 Å². The molecule has 198 valence electrons. The van der Waals surface area contributed by atoms with Crippen molar-refractivity contribution in [2.45, 2.75) is 55.6 Å². The van der Waals surface area contributed by atoms with Gasteiger partial charge in [0.15, 0.2) is 0 Å². The number of hydrogen-bond acceptors (Lipinski definition) is 9. The highest BCUT2D eigenvalue weighted by Gasteiger charge is 2.44. The highest BCUT2D eigenvalue weighted by atomic mass is 32.1. The van der Waals surface area contributed by atoms with Gasteiger partial charge < -0.3 is 20.8 Å². The molecule has 1 saturated heterocycles. The van der Waals surface area contributed by atoms with E-state index in [0.29, 0.717) is 36.3 Å². The number of likely N-dealkylation sites (tertiary alicyclic amines) is 1. The molecule has 1 amide bonds. The number of benzene rings is 1. The Morgan fingerprint density at radius 3 is 2.68 bits per heavy atom. The first-order valence-electron chi connectivity index (χ1n) is 12.0. The molecule has 5 rings (SSSR count). The summed E-state index contributed by atoms with van der Waals surface area (Å²) in [6.07, 6.45) is -0.152. The number of aliphatic hydroxyl groups excluding tert-OH is 1. The van der Waals surface area contributed by atoms with Gasteiger partial charge in [-0.25, -0.2) is 9.97 Å². The minimum absolute atomic E-state index is 0.0307. The fraction of sp³-hybridized carbons (Fsp3) is 0.500. The molecule has 1 aromatic carbocycles. The van der Waals surface area contributed by atoms with Gasteiger partial charge in [-0.3, -0.25) is 14.7 Å². The summed E-state index contributed by atoms with van der Waals surface area (Å²) in [5, 5.41) is 27.4. The highest BCUT2D eigenvalue weighted by molar-refractivity contribution is 7.09. The number of carbonyl (C=O) groups is 1. The van der Waals surface area contributed by atoms with Gasteiger partial charge in [-0.05, 0) is 43.9 Å². The van der Waals surface area contributed by atoms with E-state index < -0.39 is 23.4 Å². The zero-order valence-corrected chi connectivity index (χ0v) is 20.6. The zero-order valence-electron chi connectivity index (χ0n) is 19.8. The maximum absolute atomic E-state index is 13.1. The van der Waals surface area contributed by atoms with E-state index in [-0.39, 0.29) is 35.7 Å². The van der Waals surface area contributed by atoms with E-state index in [0.717, 1.165) is 25.0 Å². The average Bonchev–Trinajstić information content (AvgIpc) is 3.39. The molecule has 9 nitrogen and oxygen atoms in total.